The maximum Gasteiger partial charge on any atom is 0.343 e. The summed E-state index contributed by atoms with van der Waals surface area (Å²) in [7, 11) is 1.28. The fourth-order valence-corrected chi connectivity index (χ4v) is 3.38. The number of rotatable bonds is 7. The van der Waals surface area contributed by atoms with Gasteiger partial charge in [0.15, 0.2) is 6.61 Å². The summed E-state index contributed by atoms with van der Waals surface area (Å²) in [6.45, 7) is -0.348. The van der Waals surface area contributed by atoms with E-state index >= 15 is 0 Å². The summed E-state index contributed by atoms with van der Waals surface area (Å²) < 4.78 is 9.85. The van der Waals surface area contributed by atoms with Crippen LogP contribution in [-0.2, 0) is 14.3 Å². The molecule has 1 heterocycles. The first-order chi connectivity index (χ1) is 15.1. The Hall–Kier alpha value is -4.20. The normalized spacial score (nSPS) is 12.4. The topological polar surface area (TPSA) is 97.3 Å². The number of esters is 1. The van der Waals surface area contributed by atoms with Crippen molar-refractivity contribution in [2.24, 2.45) is 5.10 Å². The molecule has 0 atom stereocenters. The van der Waals surface area contributed by atoms with Crippen molar-refractivity contribution >= 4 is 40.5 Å². The molecule has 0 radical (unpaired) electrons. The van der Waals surface area contributed by atoms with Gasteiger partial charge in [-0.2, -0.15) is 5.10 Å². The van der Waals surface area contributed by atoms with Crippen LogP contribution in [0.2, 0.25) is 0 Å². The van der Waals surface area contributed by atoms with E-state index in [0.717, 1.165) is 10.8 Å². The van der Waals surface area contributed by atoms with Gasteiger partial charge in [0.25, 0.3) is 11.8 Å². The summed E-state index contributed by atoms with van der Waals surface area (Å²) in [6, 6.07) is 18.0. The van der Waals surface area contributed by atoms with Gasteiger partial charge < -0.3 is 9.47 Å². The van der Waals surface area contributed by atoms with Crippen LogP contribution in [0.1, 0.15) is 15.9 Å². The molecule has 0 fully saturated rings. The largest absolute Gasteiger partial charge is 0.482 e. The van der Waals surface area contributed by atoms with Crippen molar-refractivity contribution in [3.63, 3.8) is 0 Å². The molecule has 8 heteroatoms. The molecule has 0 saturated carbocycles. The lowest BCUT2D eigenvalue weighted by molar-refractivity contribution is -0.142. The van der Waals surface area contributed by atoms with Gasteiger partial charge in [0.05, 0.1) is 19.0 Å². The summed E-state index contributed by atoms with van der Waals surface area (Å²) in [4.78, 5) is 37.7. The number of benzene rings is 3. The molecule has 3 aromatic rings. The van der Waals surface area contributed by atoms with Crippen molar-refractivity contribution in [2.75, 3.05) is 25.2 Å². The van der Waals surface area contributed by atoms with Crippen LogP contribution < -0.4 is 15.1 Å². The predicted octanol–water partition coefficient (Wildman–Crippen LogP) is 2.50. The van der Waals surface area contributed by atoms with Crippen molar-refractivity contribution in [3.05, 3.63) is 71.8 Å². The standard InChI is InChI=1S/C23H19N3O5/c1-30-21(28)14-31-17-8-2-5-15(11-17)12-24-25-20(27)13-26-19-10-4-7-16-6-3-9-18(22(16)19)23(26)29/h2-12H,13-14H2,1H3,(H,25,27)/b24-12-. The quantitative estimate of drug-likeness (QED) is 0.362. The van der Waals surface area contributed by atoms with Crippen LogP contribution in [0.25, 0.3) is 10.8 Å². The number of anilines is 1. The van der Waals surface area contributed by atoms with Gasteiger partial charge >= 0.3 is 5.97 Å². The van der Waals surface area contributed by atoms with E-state index in [-0.39, 0.29) is 19.1 Å². The smallest absolute Gasteiger partial charge is 0.343 e. The molecule has 0 unspecified atom stereocenters. The number of ether oxygens (including phenoxy) is 2. The van der Waals surface area contributed by atoms with Crippen molar-refractivity contribution in [1.82, 2.24) is 5.43 Å². The van der Waals surface area contributed by atoms with Crippen molar-refractivity contribution in [1.29, 1.82) is 0 Å². The summed E-state index contributed by atoms with van der Waals surface area (Å²) in [5, 5.41) is 5.76. The number of amides is 2. The van der Waals surface area contributed by atoms with E-state index in [2.05, 4.69) is 15.3 Å². The molecule has 1 N–H and O–H groups in total. The van der Waals surface area contributed by atoms with E-state index in [4.69, 9.17) is 4.74 Å². The Morgan fingerprint density at radius 2 is 1.87 bits per heavy atom. The van der Waals surface area contributed by atoms with Crippen LogP contribution in [0.5, 0.6) is 5.75 Å². The van der Waals surface area contributed by atoms with Crippen LogP contribution in [0.4, 0.5) is 5.69 Å². The lowest BCUT2D eigenvalue weighted by atomic mass is 10.1. The predicted molar refractivity (Wildman–Crippen MR) is 115 cm³/mol. The highest BCUT2D eigenvalue weighted by Crippen LogP contribution is 2.36. The van der Waals surface area contributed by atoms with E-state index in [1.54, 1.807) is 30.3 Å². The van der Waals surface area contributed by atoms with Crippen molar-refractivity contribution in [3.8, 4) is 5.75 Å². The van der Waals surface area contributed by atoms with E-state index in [9.17, 15) is 14.4 Å². The highest BCUT2D eigenvalue weighted by atomic mass is 16.6. The van der Waals surface area contributed by atoms with Crippen LogP contribution in [0.15, 0.2) is 65.8 Å². The summed E-state index contributed by atoms with van der Waals surface area (Å²) in [6.07, 6.45) is 1.45. The number of hydrogen-bond donors (Lipinski definition) is 1. The molecule has 8 nitrogen and oxygen atoms in total. The van der Waals surface area contributed by atoms with Crippen LogP contribution >= 0.6 is 0 Å². The molecule has 0 saturated heterocycles. The molecule has 0 aromatic heterocycles. The molecular formula is C23H19N3O5. The lowest BCUT2D eigenvalue weighted by Crippen LogP contribution is -2.37. The monoisotopic (exact) mass is 417 g/mol. The number of methoxy groups -OCH3 is 1. The van der Waals surface area contributed by atoms with Gasteiger partial charge in [-0.15, -0.1) is 0 Å². The summed E-state index contributed by atoms with van der Waals surface area (Å²) in [5.74, 6) is -0.649. The first-order valence-corrected chi connectivity index (χ1v) is 9.52. The number of nitrogens with zero attached hydrogens (tertiary/aromatic N) is 2. The third-order valence-electron chi connectivity index (χ3n) is 4.80. The SMILES string of the molecule is COC(=O)COc1cccc(/C=N\NC(=O)CN2C(=O)c3cccc4cccc2c34)c1. The minimum atomic E-state index is -0.486. The fraction of sp³-hybridized carbons (Fsp3) is 0.130. The molecule has 3 aromatic carbocycles. The van der Waals surface area contributed by atoms with Gasteiger partial charge in [-0.05, 0) is 35.2 Å². The number of carbonyl (C=O) groups is 3. The van der Waals surface area contributed by atoms with Crippen LogP contribution in [0.3, 0.4) is 0 Å². The Morgan fingerprint density at radius 3 is 2.68 bits per heavy atom. The van der Waals surface area contributed by atoms with Gasteiger partial charge in [-0.1, -0.05) is 36.4 Å². The molecule has 31 heavy (non-hydrogen) atoms. The Kier molecular flexibility index (Phi) is 5.61. The van der Waals surface area contributed by atoms with E-state index in [1.165, 1.54) is 18.2 Å². The molecule has 156 valence electrons. The number of hydrogen-bond acceptors (Lipinski definition) is 6. The first kappa shape index (κ1) is 20.1. The maximum atomic E-state index is 12.7. The van der Waals surface area contributed by atoms with Gasteiger partial charge in [0.1, 0.15) is 12.3 Å². The zero-order valence-electron chi connectivity index (χ0n) is 16.7. The Labute approximate surface area is 178 Å². The molecule has 4 rings (SSSR count). The Balaban J connectivity index is 1.38. The molecule has 0 spiro atoms. The van der Waals surface area contributed by atoms with E-state index in [0.29, 0.717) is 22.6 Å². The second kappa shape index (κ2) is 8.66. The maximum absolute atomic E-state index is 12.7. The van der Waals surface area contributed by atoms with Gasteiger partial charge in [-0.3, -0.25) is 14.5 Å². The third-order valence-corrected chi connectivity index (χ3v) is 4.80. The van der Waals surface area contributed by atoms with Crippen molar-refractivity contribution < 1.29 is 23.9 Å². The highest BCUT2D eigenvalue weighted by Gasteiger charge is 2.30. The lowest BCUT2D eigenvalue weighted by Gasteiger charge is -2.16. The summed E-state index contributed by atoms with van der Waals surface area (Å²) in [5.41, 5.74) is 4.41. The molecule has 2 amide bonds. The second-order valence-electron chi connectivity index (χ2n) is 6.80. The van der Waals surface area contributed by atoms with E-state index < -0.39 is 11.9 Å². The second-order valence-corrected chi connectivity index (χ2v) is 6.80. The van der Waals surface area contributed by atoms with Gasteiger partial charge in [0, 0.05) is 10.9 Å². The fourth-order valence-electron chi connectivity index (χ4n) is 3.38. The molecule has 1 aliphatic rings. The Morgan fingerprint density at radius 1 is 1.10 bits per heavy atom. The zero-order chi connectivity index (χ0) is 21.8. The molecule has 1 aliphatic heterocycles. The molecule has 0 aliphatic carbocycles. The number of hydrazone groups is 1. The van der Waals surface area contributed by atoms with Crippen LogP contribution in [0, 0.1) is 0 Å². The van der Waals surface area contributed by atoms with Gasteiger partial charge in [0.2, 0.25) is 0 Å². The molecular weight excluding hydrogens is 398 g/mol. The minimum absolute atomic E-state index is 0.147. The van der Waals surface area contributed by atoms with Crippen molar-refractivity contribution in [2.45, 2.75) is 0 Å². The third kappa shape index (κ3) is 4.23. The molecule has 0 bridgehead atoms. The number of carbonyl (C=O) groups excluding carboxylic acids is 3. The average Bonchev–Trinajstić information content (AvgIpc) is 3.06. The zero-order valence-corrected chi connectivity index (χ0v) is 16.7. The van der Waals surface area contributed by atoms with E-state index in [1.807, 2.05) is 30.3 Å². The number of nitrogens with one attached hydrogen (secondary N) is 1. The van der Waals surface area contributed by atoms with Crippen LogP contribution in [-0.4, -0.2) is 44.3 Å². The van der Waals surface area contributed by atoms with Gasteiger partial charge in [-0.25, -0.2) is 10.2 Å². The average molecular weight is 417 g/mol. The summed E-state index contributed by atoms with van der Waals surface area (Å²) >= 11 is 0. The first-order valence-electron chi connectivity index (χ1n) is 9.52. The highest BCUT2D eigenvalue weighted by molar-refractivity contribution is 6.26. The minimum Gasteiger partial charge on any atom is -0.482 e. The Bertz CT molecular complexity index is 1200.